The summed E-state index contributed by atoms with van der Waals surface area (Å²) in [6.45, 7) is 3.41. The van der Waals surface area contributed by atoms with Gasteiger partial charge in [-0.15, -0.1) is 0 Å². The molecule has 0 radical (unpaired) electrons. The van der Waals surface area contributed by atoms with Gasteiger partial charge < -0.3 is 10.1 Å². The number of nitrogens with zero attached hydrogens (tertiary/aromatic N) is 5. The molecule has 0 fully saturated rings. The van der Waals surface area contributed by atoms with Gasteiger partial charge in [-0.2, -0.15) is 4.98 Å². The van der Waals surface area contributed by atoms with Gasteiger partial charge in [0.05, 0.1) is 18.8 Å². The van der Waals surface area contributed by atoms with Crippen LogP contribution in [0.1, 0.15) is 24.9 Å². The lowest BCUT2D eigenvalue weighted by Crippen LogP contribution is -2.36. The van der Waals surface area contributed by atoms with E-state index in [1.165, 1.54) is 0 Å². The topological polar surface area (TPSA) is 85.2 Å². The number of hydrogen-bond acceptors (Lipinski definition) is 7. The second kappa shape index (κ2) is 9.35. The molecular weight excluding hydrogens is 428 g/mol. The summed E-state index contributed by atoms with van der Waals surface area (Å²) < 4.78 is 6.96. The molecule has 0 aliphatic carbocycles. The van der Waals surface area contributed by atoms with E-state index in [0.29, 0.717) is 30.0 Å². The normalized spacial score (nSPS) is 13.8. The molecule has 4 aromatic rings. The maximum atomic E-state index is 12.9. The Morgan fingerprint density at radius 1 is 1.00 bits per heavy atom. The van der Waals surface area contributed by atoms with E-state index >= 15 is 0 Å². The van der Waals surface area contributed by atoms with E-state index in [2.05, 4.69) is 17.2 Å². The molecule has 0 bridgehead atoms. The molecule has 0 unspecified atom stereocenters. The minimum absolute atomic E-state index is 0.000209. The van der Waals surface area contributed by atoms with Crippen molar-refractivity contribution in [2.45, 2.75) is 25.9 Å². The van der Waals surface area contributed by atoms with Crippen LogP contribution in [-0.2, 0) is 6.54 Å². The van der Waals surface area contributed by atoms with Gasteiger partial charge >= 0.3 is 0 Å². The van der Waals surface area contributed by atoms with Gasteiger partial charge in [-0.05, 0) is 37.1 Å². The molecule has 172 valence electrons. The van der Waals surface area contributed by atoms with Crippen molar-refractivity contribution in [3.05, 3.63) is 88.8 Å². The van der Waals surface area contributed by atoms with Crippen LogP contribution < -0.4 is 20.5 Å². The fourth-order valence-corrected chi connectivity index (χ4v) is 4.11. The molecule has 2 aromatic carbocycles. The molecule has 2 aromatic heterocycles. The molecule has 1 atom stereocenters. The molecule has 8 heteroatoms. The molecule has 0 spiro atoms. The molecule has 0 saturated carbocycles. The molecule has 0 amide bonds. The van der Waals surface area contributed by atoms with E-state index < -0.39 is 0 Å². The van der Waals surface area contributed by atoms with Crippen LogP contribution in [0.5, 0.6) is 5.75 Å². The predicted molar refractivity (Wildman–Crippen MR) is 133 cm³/mol. The number of rotatable bonds is 6. The summed E-state index contributed by atoms with van der Waals surface area (Å²) in [5.41, 5.74) is 2.60. The zero-order valence-corrected chi connectivity index (χ0v) is 19.2. The van der Waals surface area contributed by atoms with Crippen molar-refractivity contribution in [3.8, 4) is 17.0 Å². The lowest BCUT2D eigenvalue weighted by Gasteiger charge is -2.30. The van der Waals surface area contributed by atoms with Crippen molar-refractivity contribution in [2.75, 3.05) is 23.9 Å². The molecule has 0 saturated heterocycles. The Labute approximate surface area is 197 Å². The van der Waals surface area contributed by atoms with E-state index in [1.54, 1.807) is 23.9 Å². The van der Waals surface area contributed by atoms with E-state index in [-0.39, 0.29) is 11.6 Å². The first-order valence-electron chi connectivity index (χ1n) is 11.3. The summed E-state index contributed by atoms with van der Waals surface area (Å²) in [4.78, 5) is 28.9. The third-order valence-corrected chi connectivity index (χ3v) is 5.94. The number of aromatic nitrogens is 4. The quantitative estimate of drug-likeness (QED) is 0.461. The number of methoxy groups -OCH3 is 1. The molecule has 3 heterocycles. The third kappa shape index (κ3) is 4.34. The Kier molecular flexibility index (Phi) is 5.95. The van der Waals surface area contributed by atoms with Gasteiger partial charge in [0.2, 0.25) is 11.9 Å². The van der Waals surface area contributed by atoms with Crippen molar-refractivity contribution < 1.29 is 4.74 Å². The monoisotopic (exact) mass is 454 g/mol. The van der Waals surface area contributed by atoms with Crippen LogP contribution in [-0.4, -0.2) is 33.2 Å². The van der Waals surface area contributed by atoms with Crippen LogP contribution in [0.2, 0.25) is 0 Å². The van der Waals surface area contributed by atoms with Crippen LogP contribution >= 0.6 is 0 Å². The largest absolute Gasteiger partial charge is 0.497 e. The van der Waals surface area contributed by atoms with Gasteiger partial charge in [-0.25, -0.2) is 9.97 Å². The minimum atomic E-state index is -0.0610. The summed E-state index contributed by atoms with van der Waals surface area (Å²) in [5, 5.41) is 3.37. The SMILES string of the molecule is COc1ccc([C@H](C)Nc2nccc(N3CCCn4c3nc(-c3ccccc3)cc4=O)n2)cc1. The number of benzene rings is 2. The van der Waals surface area contributed by atoms with E-state index in [9.17, 15) is 4.79 Å². The highest BCUT2D eigenvalue weighted by molar-refractivity contribution is 5.63. The Morgan fingerprint density at radius 3 is 2.56 bits per heavy atom. The van der Waals surface area contributed by atoms with Crippen LogP contribution in [0.4, 0.5) is 17.7 Å². The highest BCUT2D eigenvalue weighted by Gasteiger charge is 2.23. The van der Waals surface area contributed by atoms with Crippen molar-refractivity contribution in [3.63, 3.8) is 0 Å². The second-order valence-electron chi connectivity index (χ2n) is 8.18. The molecule has 5 rings (SSSR count). The van der Waals surface area contributed by atoms with Gasteiger partial charge in [0.1, 0.15) is 11.6 Å². The predicted octanol–water partition coefficient (Wildman–Crippen LogP) is 4.42. The Bertz CT molecular complexity index is 1340. The summed E-state index contributed by atoms with van der Waals surface area (Å²) in [7, 11) is 1.65. The lowest BCUT2D eigenvalue weighted by atomic mass is 10.1. The van der Waals surface area contributed by atoms with Gasteiger partial charge in [-0.1, -0.05) is 42.5 Å². The lowest BCUT2D eigenvalue weighted by molar-refractivity contribution is 0.414. The highest BCUT2D eigenvalue weighted by Crippen LogP contribution is 2.28. The number of ether oxygens (including phenoxy) is 1. The number of fused-ring (bicyclic) bond motifs is 1. The number of hydrogen-bond donors (Lipinski definition) is 1. The molecule has 1 aliphatic rings. The fraction of sp³-hybridized carbons (Fsp3) is 0.231. The van der Waals surface area contributed by atoms with Crippen LogP contribution in [0, 0.1) is 0 Å². The van der Waals surface area contributed by atoms with E-state index in [0.717, 1.165) is 29.8 Å². The Morgan fingerprint density at radius 2 is 1.79 bits per heavy atom. The first-order chi connectivity index (χ1) is 16.6. The Balaban J connectivity index is 1.45. The average Bonchev–Trinajstić information content (AvgIpc) is 2.89. The van der Waals surface area contributed by atoms with Crippen LogP contribution in [0.15, 0.2) is 77.7 Å². The van der Waals surface area contributed by atoms with Crippen molar-refractivity contribution in [2.24, 2.45) is 0 Å². The third-order valence-electron chi connectivity index (χ3n) is 5.94. The summed E-state index contributed by atoms with van der Waals surface area (Å²) >= 11 is 0. The molecule has 8 nitrogen and oxygen atoms in total. The minimum Gasteiger partial charge on any atom is -0.497 e. The highest BCUT2D eigenvalue weighted by atomic mass is 16.5. The van der Waals surface area contributed by atoms with Crippen LogP contribution in [0.3, 0.4) is 0 Å². The van der Waals surface area contributed by atoms with Gasteiger partial charge in [0.25, 0.3) is 5.56 Å². The first-order valence-corrected chi connectivity index (χ1v) is 11.3. The summed E-state index contributed by atoms with van der Waals surface area (Å²) in [6.07, 6.45) is 2.55. The van der Waals surface area contributed by atoms with Crippen LogP contribution in [0.25, 0.3) is 11.3 Å². The van der Waals surface area contributed by atoms with Crippen molar-refractivity contribution in [1.29, 1.82) is 0 Å². The number of anilines is 3. The maximum absolute atomic E-state index is 12.9. The number of nitrogens with one attached hydrogen (secondary N) is 1. The molecule has 1 aliphatic heterocycles. The van der Waals surface area contributed by atoms with Gasteiger partial charge in [-0.3, -0.25) is 14.3 Å². The molecular formula is C26H26N6O2. The fourth-order valence-electron chi connectivity index (χ4n) is 4.11. The standard InChI is InChI=1S/C26H26N6O2/c1-18(19-9-11-21(34-2)12-10-19)28-25-27-14-13-23(30-25)31-15-6-16-32-24(33)17-22(29-26(31)32)20-7-4-3-5-8-20/h3-5,7-14,17-18H,6,15-16H2,1-2H3,(H,27,28,30)/t18-/m0/s1. The first kappa shape index (κ1) is 21.6. The van der Waals surface area contributed by atoms with Gasteiger partial charge in [0.15, 0.2) is 0 Å². The summed E-state index contributed by atoms with van der Waals surface area (Å²) in [5.74, 6) is 2.63. The Hall–Kier alpha value is -4.20. The van der Waals surface area contributed by atoms with E-state index in [4.69, 9.17) is 14.7 Å². The van der Waals surface area contributed by atoms with E-state index in [1.807, 2.05) is 65.6 Å². The van der Waals surface area contributed by atoms with Gasteiger partial charge in [0, 0.05) is 30.9 Å². The van der Waals surface area contributed by atoms with Crippen molar-refractivity contribution >= 4 is 17.7 Å². The zero-order valence-electron chi connectivity index (χ0n) is 19.2. The second-order valence-corrected chi connectivity index (χ2v) is 8.18. The zero-order chi connectivity index (χ0) is 23.5. The molecule has 1 N–H and O–H groups in total. The average molecular weight is 455 g/mol. The summed E-state index contributed by atoms with van der Waals surface area (Å²) in [6, 6.07) is 21.1. The molecule has 34 heavy (non-hydrogen) atoms. The maximum Gasteiger partial charge on any atom is 0.255 e. The van der Waals surface area contributed by atoms with Crippen molar-refractivity contribution in [1.82, 2.24) is 19.5 Å². The smallest absolute Gasteiger partial charge is 0.255 e.